The van der Waals surface area contributed by atoms with Gasteiger partial charge in [-0.05, 0) is 0 Å². The van der Waals surface area contributed by atoms with Crippen molar-refractivity contribution in [3.8, 4) is 0 Å². The number of rotatable bonds is 0. The van der Waals surface area contributed by atoms with Gasteiger partial charge in [-0.15, -0.1) is 0 Å². The quantitative estimate of drug-likeness (QED) is 0.111. The van der Waals surface area contributed by atoms with Gasteiger partial charge in [0.2, 0.25) is 16.4 Å². The number of nitrogens with one attached hydrogen (secondary N) is 1. The molecule has 0 atom stereocenters. The van der Waals surface area contributed by atoms with Crippen LogP contribution in [-0.2, 0) is 10.4 Å². The molecule has 0 saturated carbocycles. The zero-order valence-electron chi connectivity index (χ0n) is 8.63. The Labute approximate surface area is 130 Å². The minimum absolute atomic E-state index is 0. The van der Waals surface area contributed by atoms with Crippen LogP contribution in [0, 0.1) is 5.41 Å². The van der Waals surface area contributed by atoms with Crippen LogP contribution < -0.4 is 62.9 Å². The van der Waals surface area contributed by atoms with Crippen LogP contribution >= 0.6 is 0 Å². The predicted octanol–water partition coefficient (Wildman–Crippen LogP) is -5.24. The average molecular weight is 265 g/mol. The van der Waals surface area contributed by atoms with Gasteiger partial charge in [0.05, 0.1) is 0 Å². The number of aliphatic imine (C=N–C) groups is 1. The van der Waals surface area contributed by atoms with Crippen molar-refractivity contribution < 1.29 is 68.9 Å². The molecule has 0 aromatic rings. The third kappa shape index (κ3) is 31.4. The maximum absolute atomic E-state index is 8.63. The monoisotopic (exact) mass is 265 g/mol. The van der Waals surface area contributed by atoms with Crippen LogP contribution in [0.25, 0.3) is 0 Å². The van der Waals surface area contributed by atoms with Crippen molar-refractivity contribution in [3.63, 3.8) is 0 Å². The normalized spacial score (nSPS) is 8.80. The topological polar surface area (TPSA) is 169 Å². The Kier molecular flexibility index (Phi) is 13.0. The summed E-state index contributed by atoms with van der Waals surface area (Å²) >= 11 is 0. The summed E-state index contributed by atoms with van der Waals surface area (Å²) < 4.78 is 32.8. The van der Waals surface area contributed by atoms with E-state index in [0.29, 0.717) is 0 Å². The van der Waals surface area contributed by atoms with E-state index in [1.807, 2.05) is 0 Å². The Morgan fingerprint density at radius 1 is 1.47 bits per heavy atom. The van der Waals surface area contributed by atoms with Crippen LogP contribution in [0.4, 0.5) is 0 Å². The van der Waals surface area contributed by atoms with Crippen molar-refractivity contribution in [2.75, 3.05) is 14.1 Å². The molecule has 15 heavy (non-hydrogen) atoms. The Bertz CT molecular complexity index is 301. The SMILES string of the molecule is CN(C)C(=N)N=C(N)N.O=S(=O)([O-])O.[K+]. The van der Waals surface area contributed by atoms with E-state index in [1.54, 1.807) is 14.1 Å². The molecule has 0 fully saturated rings. The maximum Gasteiger partial charge on any atom is 1.00 e. The molecule has 0 aromatic heterocycles. The summed E-state index contributed by atoms with van der Waals surface area (Å²) in [7, 11) is -1.54. The van der Waals surface area contributed by atoms with Crippen LogP contribution in [0.2, 0.25) is 0 Å². The van der Waals surface area contributed by atoms with Crippen LogP contribution in [0.5, 0.6) is 0 Å². The summed E-state index contributed by atoms with van der Waals surface area (Å²) in [6, 6.07) is 0. The van der Waals surface area contributed by atoms with E-state index in [-0.39, 0.29) is 63.3 Å². The van der Waals surface area contributed by atoms with Gasteiger partial charge in [-0.2, -0.15) is 4.99 Å². The first-order valence-electron chi connectivity index (χ1n) is 3.08. The molecule has 0 rings (SSSR count). The minimum Gasteiger partial charge on any atom is -0.726 e. The fourth-order valence-corrected chi connectivity index (χ4v) is 0.222. The summed E-state index contributed by atoms with van der Waals surface area (Å²) in [6.45, 7) is 0. The number of guanidine groups is 2. The fourth-order valence-electron chi connectivity index (χ4n) is 0.222. The van der Waals surface area contributed by atoms with Crippen molar-refractivity contribution in [3.05, 3.63) is 0 Å². The number of hydrogen-bond donors (Lipinski definition) is 4. The Morgan fingerprint density at radius 2 is 1.73 bits per heavy atom. The molecule has 84 valence electrons. The van der Waals surface area contributed by atoms with Crippen molar-refractivity contribution >= 4 is 22.3 Å². The first-order chi connectivity index (χ1) is 6.04. The van der Waals surface area contributed by atoms with Crippen LogP contribution in [0.3, 0.4) is 0 Å². The molecule has 0 aromatic carbocycles. The number of hydrogen-bond acceptors (Lipinski definition) is 4. The van der Waals surface area contributed by atoms with E-state index < -0.39 is 10.4 Å². The van der Waals surface area contributed by atoms with Gasteiger partial charge in [-0.25, -0.2) is 8.42 Å². The average Bonchev–Trinajstić information content (AvgIpc) is 1.80. The van der Waals surface area contributed by atoms with Crippen molar-refractivity contribution in [2.24, 2.45) is 16.5 Å². The molecule has 0 aliphatic carbocycles. The molecule has 0 saturated heterocycles. The summed E-state index contributed by atoms with van der Waals surface area (Å²) in [6.07, 6.45) is 0. The Balaban J connectivity index is -0.000000208. The standard InChI is InChI=1S/C4H11N5.K.H2O4S/c1-9(2)4(7)8-3(5)6;;1-5(2,3)4/h1-2H3,(H5,5,6,7,8);;(H2,1,2,3,4)/q;+1;/p-1. The third-order valence-corrected chi connectivity index (χ3v) is 0.659. The van der Waals surface area contributed by atoms with E-state index in [9.17, 15) is 0 Å². The molecule has 0 aliphatic heterocycles. The number of nitrogens with two attached hydrogens (primary N) is 2. The molecular formula is C4H12KN5O4S. The molecule has 0 bridgehead atoms. The van der Waals surface area contributed by atoms with Crippen LogP contribution in [-0.4, -0.2) is 48.4 Å². The molecule has 0 spiro atoms. The first-order valence-corrected chi connectivity index (χ1v) is 4.44. The van der Waals surface area contributed by atoms with Gasteiger partial charge in [0.25, 0.3) is 0 Å². The second kappa shape index (κ2) is 9.47. The molecule has 0 heterocycles. The smallest absolute Gasteiger partial charge is 0.726 e. The largest absolute Gasteiger partial charge is 1.00 e. The summed E-state index contributed by atoms with van der Waals surface area (Å²) in [4.78, 5) is 4.96. The van der Waals surface area contributed by atoms with E-state index in [1.165, 1.54) is 4.90 Å². The van der Waals surface area contributed by atoms with Gasteiger partial charge in [-0.3, -0.25) is 9.96 Å². The maximum atomic E-state index is 8.63. The fraction of sp³-hybridized carbons (Fsp3) is 0.500. The van der Waals surface area contributed by atoms with Gasteiger partial charge in [0, 0.05) is 14.1 Å². The van der Waals surface area contributed by atoms with Crippen molar-refractivity contribution in [1.82, 2.24) is 4.90 Å². The molecule has 11 heteroatoms. The minimum atomic E-state index is -4.92. The van der Waals surface area contributed by atoms with Crippen LogP contribution in [0.15, 0.2) is 4.99 Å². The molecule has 0 aliphatic rings. The zero-order chi connectivity index (χ0) is 11.9. The first kappa shape index (κ1) is 20.6. The van der Waals surface area contributed by atoms with E-state index in [4.69, 9.17) is 34.4 Å². The second-order valence-electron chi connectivity index (χ2n) is 2.18. The van der Waals surface area contributed by atoms with Gasteiger partial charge in [0.1, 0.15) is 0 Å². The molecule has 0 radical (unpaired) electrons. The predicted molar refractivity (Wildman–Crippen MR) is 49.5 cm³/mol. The van der Waals surface area contributed by atoms with Gasteiger partial charge < -0.3 is 20.9 Å². The Morgan fingerprint density at radius 3 is 1.80 bits per heavy atom. The zero-order valence-corrected chi connectivity index (χ0v) is 12.6. The molecule has 0 amide bonds. The van der Waals surface area contributed by atoms with Gasteiger partial charge >= 0.3 is 51.4 Å². The molecule has 6 N–H and O–H groups in total. The van der Waals surface area contributed by atoms with Crippen LogP contribution in [0.1, 0.15) is 0 Å². The molecule has 0 unspecified atom stereocenters. The molecular weight excluding hydrogens is 253 g/mol. The molecule has 9 nitrogen and oxygen atoms in total. The van der Waals surface area contributed by atoms with E-state index in [2.05, 4.69) is 4.99 Å². The Hall–Kier alpha value is 0.246. The number of nitrogens with zero attached hydrogens (tertiary/aromatic N) is 2. The van der Waals surface area contributed by atoms with Gasteiger partial charge in [0.15, 0.2) is 5.96 Å². The second-order valence-corrected chi connectivity index (χ2v) is 3.04. The summed E-state index contributed by atoms with van der Waals surface area (Å²) in [5.74, 6) is -0.0382. The van der Waals surface area contributed by atoms with E-state index >= 15 is 0 Å². The van der Waals surface area contributed by atoms with Gasteiger partial charge in [-0.1, -0.05) is 0 Å². The van der Waals surface area contributed by atoms with Crippen molar-refractivity contribution in [2.45, 2.75) is 0 Å². The van der Waals surface area contributed by atoms with E-state index in [0.717, 1.165) is 0 Å². The summed E-state index contributed by atoms with van der Waals surface area (Å²) in [5, 5.41) is 7.05. The summed E-state index contributed by atoms with van der Waals surface area (Å²) in [5.41, 5.74) is 9.98. The third-order valence-electron chi connectivity index (χ3n) is 0.659. The van der Waals surface area contributed by atoms with Crippen molar-refractivity contribution in [1.29, 1.82) is 5.41 Å².